The molecule has 1 rings (SSSR count). The minimum atomic E-state index is 0.0332. The molecule has 0 radical (unpaired) electrons. The van der Waals surface area contributed by atoms with Crippen LogP contribution >= 0.6 is 11.6 Å². The number of rotatable bonds is 9. The van der Waals surface area contributed by atoms with E-state index in [4.69, 9.17) is 32.2 Å². The van der Waals surface area contributed by atoms with Gasteiger partial charge in [0.15, 0.2) is 0 Å². The zero-order valence-electron chi connectivity index (χ0n) is 12.0. The number of benzene rings is 1. The number of nitrogens with two attached hydrogens (primary N) is 1. The Labute approximate surface area is 125 Å². The molecule has 0 heterocycles. The van der Waals surface area contributed by atoms with Gasteiger partial charge in [-0.15, -0.1) is 0 Å². The smallest absolute Gasteiger partial charge is 0.124 e. The number of nitrogen functional groups attached to an aromatic ring is 1. The van der Waals surface area contributed by atoms with Crippen molar-refractivity contribution in [2.45, 2.75) is 6.42 Å². The Morgan fingerprint density at radius 1 is 1.25 bits per heavy atom. The van der Waals surface area contributed by atoms with Crippen LogP contribution < -0.4 is 10.6 Å². The third-order valence-corrected chi connectivity index (χ3v) is 3.17. The summed E-state index contributed by atoms with van der Waals surface area (Å²) in [7, 11) is 3.34. The van der Waals surface area contributed by atoms with Gasteiger partial charge in [-0.25, -0.2) is 0 Å². The molecular formula is C14H22ClN3O2. The number of nitrogens with zero attached hydrogens (tertiary/aromatic N) is 1. The highest BCUT2D eigenvalue weighted by atomic mass is 35.5. The molecule has 0 saturated heterocycles. The van der Waals surface area contributed by atoms with Crippen molar-refractivity contribution in [2.75, 3.05) is 45.4 Å². The molecule has 0 aliphatic carbocycles. The molecule has 0 aliphatic heterocycles. The largest absolute Gasteiger partial charge is 0.385 e. The van der Waals surface area contributed by atoms with E-state index in [0.29, 0.717) is 30.3 Å². The highest BCUT2D eigenvalue weighted by molar-refractivity contribution is 6.31. The van der Waals surface area contributed by atoms with Crippen molar-refractivity contribution < 1.29 is 9.47 Å². The third kappa shape index (κ3) is 5.00. The molecule has 0 amide bonds. The average Bonchev–Trinajstić information content (AvgIpc) is 2.42. The van der Waals surface area contributed by atoms with Crippen LogP contribution in [0.2, 0.25) is 5.02 Å². The second-order valence-electron chi connectivity index (χ2n) is 4.40. The zero-order valence-corrected chi connectivity index (χ0v) is 12.7. The summed E-state index contributed by atoms with van der Waals surface area (Å²) in [4.78, 5) is 2.12. The van der Waals surface area contributed by atoms with Crippen LogP contribution in [0.1, 0.15) is 12.0 Å². The molecular weight excluding hydrogens is 278 g/mol. The van der Waals surface area contributed by atoms with Crippen LogP contribution in [0.5, 0.6) is 0 Å². The molecule has 3 N–H and O–H groups in total. The van der Waals surface area contributed by atoms with Crippen LogP contribution in [0, 0.1) is 5.41 Å². The number of anilines is 1. The summed E-state index contributed by atoms with van der Waals surface area (Å²) in [5, 5.41) is 8.31. The van der Waals surface area contributed by atoms with Gasteiger partial charge in [-0.05, 0) is 24.6 Å². The van der Waals surface area contributed by atoms with Gasteiger partial charge in [0.2, 0.25) is 0 Å². The predicted molar refractivity (Wildman–Crippen MR) is 83.1 cm³/mol. The van der Waals surface area contributed by atoms with Gasteiger partial charge in [0.1, 0.15) is 5.84 Å². The molecule has 0 unspecified atom stereocenters. The van der Waals surface area contributed by atoms with E-state index in [1.54, 1.807) is 26.4 Å². The lowest BCUT2D eigenvalue weighted by molar-refractivity contribution is 0.191. The molecule has 1 aromatic carbocycles. The van der Waals surface area contributed by atoms with Gasteiger partial charge in [-0.2, -0.15) is 0 Å². The molecule has 0 aromatic heterocycles. The first-order valence-electron chi connectivity index (χ1n) is 6.47. The van der Waals surface area contributed by atoms with Crippen LogP contribution in [0.25, 0.3) is 0 Å². The highest BCUT2D eigenvalue weighted by Crippen LogP contribution is 2.25. The van der Waals surface area contributed by atoms with Gasteiger partial charge in [0.05, 0.1) is 6.61 Å². The standard InChI is InChI=1S/C14H22ClN3O2/c1-19-8-3-6-18(7-9-20-2)13-10-11(15)4-5-12(13)14(16)17/h4-5,10H,3,6-9H2,1-2H3,(H3,16,17). The van der Waals surface area contributed by atoms with E-state index in [9.17, 15) is 0 Å². The Morgan fingerprint density at radius 3 is 2.55 bits per heavy atom. The van der Waals surface area contributed by atoms with Crippen molar-refractivity contribution in [3.8, 4) is 0 Å². The maximum Gasteiger partial charge on any atom is 0.124 e. The molecule has 0 saturated carbocycles. The molecule has 0 bridgehead atoms. The molecule has 0 aliphatic rings. The third-order valence-electron chi connectivity index (χ3n) is 2.93. The Morgan fingerprint density at radius 2 is 1.95 bits per heavy atom. The lowest BCUT2D eigenvalue weighted by Crippen LogP contribution is -2.31. The Kier molecular flexibility index (Phi) is 7.36. The predicted octanol–water partition coefficient (Wildman–Crippen LogP) is 2.11. The maximum absolute atomic E-state index is 7.68. The molecule has 0 fully saturated rings. The van der Waals surface area contributed by atoms with E-state index in [1.807, 2.05) is 6.07 Å². The van der Waals surface area contributed by atoms with Crippen molar-refractivity contribution in [1.29, 1.82) is 5.41 Å². The van der Waals surface area contributed by atoms with Crippen LogP contribution in [0.4, 0.5) is 5.69 Å². The van der Waals surface area contributed by atoms with Crippen molar-refractivity contribution >= 4 is 23.1 Å². The summed E-state index contributed by atoms with van der Waals surface area (Å²) >= 11 is 6.07. The summed E-state index contributed by atoms with van der Waals surface area (Å²) in [5.74, 6) is 0.0332. The summed E-state index contributed by atoms with van der Waals surface area (Å²) in [6.45, 7) is 2.77. The number of amidine groups is 1. The number of methoxy groups -OCH3 is 2. The molecule has 6 heteroatoms. The monoisotopic (exact) mass is 299 g/mol. The fraction of sp³-hybridized carbons (Fsp3) is 0.500. The Bertz CT molecular complexity index is 440. The van der Waals surface area contributed by atoms with Gasteiger partial charge in [-0.1, -0.05) is 11.6 Å². The van der Waals surface area contributed by atoms with E-state index in [0.717, 1.165) is 18.7 Å². The van der Waals surface area contributed by atoms with Crippen molar-refractivity contribution in [3.63, 3.8) is 0 Å². The van der Waals surface area contributed by atoms with Crippen LogP contribution in [-0.4, -0.2) is 46.4 Å². The lowest BCUT2D eigenvalue weighted by atomic mass is 10.1. The van der Waals surface area contributed by atoms with Gasteiger partial charge in [0.25, 0.3) is 0 Å². The highest BCUT2D eigenvalue weighted by Gasteiger charge is 2.13. The first-order valence-corrected chi connectivity index (χ1v) is 6.84. The van der Waals surface area contributed by atoms with Crippen molar-refractivity contribution in [1.82, 2.24) is 0 Å². The number of ether oxygens (including phenoxy) is 2. The molecule has 5 nitrogen and oxygen atoms in total. The quantitative estimate of drug-likeness (QED) is 0.416. The molecule has 0 spiro atoms. The summed E-state index contributed by atoms with van der Waals surface area (Å²) in [6.07, 6.45) is 0.879. The number of nitrogens with one attached hydrogen (secondary N) is 1. The Balaban J connectivity index is 2.97. The number of hydrogen-bond donors (Lipinski definition) is 2. The van der Waals surface area contributed by atoms with Gasteiger partial charge >= 0.3 is 0 Å². The number of halogens is 1. The second-order valence-corrected chi connectivity index (χ2v) is 4.84. The summed E-state index contributed by atoms with van der Waals surface area (Å²) in [5.41, 5.74) is 7.19. The SMILES string of the molecule is COCCCN(CCOC)c1cc(Cl)ccc1C(=N)N. The fourth-order valence-electron chi connectivity index (χ4n) is 1.95. The first kappa shape index (κ1) is 16.8. The lowest BCUT2D eigenvalue weighted by Gasteiger charge is -2.27. The average molecular weight is 300 g/mol. The van der Waals surface area contributed by atoms with E-state index in [1.165, 1.54) is 0 Å². The molecule has 20 heavy (non-hydrogen) atoms. The van der Waals surface area contributed by atoms with E-state index >= 15 is 0 Å². The van der Waals surface area contributed by atoms with E-state index in [-0.39, 0.29) is 5.84 Å². The van der Waals surface area contributed by atoms with Gasteiger partial charge < -0.3 is 20.1 Å². The van der Waals surface area contributed by atoms with Crippen LogP contribution in [0.15, 0.2) is 18.2 Å². The topological polar surface area (TPSA) is 71.6 Å². The first-order chi connectivity index (χ1) is 9.60. The van der Waals surface area contributed by atoms with Crippen molar-refractivity contribution in [2.24, 2.45) is 5.73 Å². The van der Waals surface area contributed by atoms with Gasteiger partial charge in [-0.3, -0.25) is 5.41 Å². The summed E-state index contributed by atoms with van der Waals surface area (Å²) in [6, 6.07) is 5.35. The second kappa shape index (κ2) is 8.79. The van der Waals surface area contributed by atoms with Crippen LogP contribution in [0.3, 0.4) is 0 Å². The normalized spacial score (nSPS) is 10.6. The van der Waals surface area contributed by atoms with Gasteiger partial charge in [0, 0.05) is 50.2 Å². The van der Waals surface area contributed by atoms with Crippen LogP contribution in [-0.2, 0) is 9.47 Å². The Hall–Kier alpha value is -1.30. The minimum Gasteiger partial charge on any atom is -0.385 e. The zero-order chi connectivity index (χ0) is 15.0. The minimum absolute atomic E-state index is 0.0332. The maximum atomic E-state index is 7.68. The number of hydrogen-bond acceptors (Lipinski definition) is 4. The fourth-order valence-corrected chi connectivity index (χ4v) is 2.11. The molecule has 0 atom stereocenters. The molecule has 112 valence electrons. The summed E-state index contributed by atoms with van der Waals surface area (Å²) < 4.78 is 10.2. The molecule has 1 aromatic rings. The van der Waals surface area contributed by atoms with E-state index < -0.39 is 0 Å². The van der Waals surface area contributed by atoms with Crippen molar-refractivity contribution in [3.05, 3.63) is 28.8 Å². The van der Waals surface area contributed by atoms with E-state index in [2.05, 4.69) is 4.90 Å².